The number of rotatable bonds is 12. The first-order valence-electron chi connectivity index (χ1n) is 11.4. The molecule has 1 heterocycles. The number of carbonyl (C=O) groups excluding carboxylic acids is 1. The van der Waals surface area contributed by atoms with Crippen LogP contribution < -0.4 is 14.2 Å². The second-order valence-corrected chi connectivity index (χ2v) is 9.60. The van der Waals surface area contributed by atoms with Gasteiger partial charge in [0.05, 0.1) is 25.2 Å². The molecule has 0 saturated carbocycles. The van der Waals surface area contributed by atoms with Crippen LogP contribution in [0.1, 0.15) is 43.7 Å². The lowest BCUT2D eigenvalue weighted by atomic mass is 9.99. The van der Waals surface area contributed by atoms with Crippen molar-refractivity contribution in [1.82, 2.24) is 4.90 Å². The van der Waals surface area contributed by atoms with Crippen LogP contribution in [0.4, 0.5) is 0 Å². The summed E-state index contributed by atoms with van der Waals surface area (Å²) in [7, 11) is 1.60. The molecule has 1 aliphatic rings. The minimum Gasteiger partial charge on any atom is -0.493 e. The first-order chi connectivity index (χ1) is 16.5. The zero-order chi connectivity index (χ0) is 24.5. The fraction of sp³-hybridized carbons (Fsp3) is 0.333. The topological polar surface area (TPSA) is 48.0 Å². The van der Waals surface area contributed by atoms with Gasteiger partial charge in [-0.3, -0.25) is 9.69 Å². The molecule has 3 rings (SSSR count). The third-order valence-electron chi connectivity index (χ3n) is 5.55. The number of amides is 1. The van der Waals surface area contributed by atoms with E-state index in [0.29, 0.717) is 46.4 Å². The summed E-state index contributed by atoms with van der Waals surface area (Å²) in [6.07, 6.45) is 5.34. The molecule has 0 bridgehead atoms. The number of methoxy groups -OCH3 is 1. The van der Waals surface area contributed by atoms with E-state index in [2.05, 4.69) is 32.6 Å². The van der Waals surface area contributed by atoms with E-state index >= 15 is 0 Å². The molecule has 2 aromatic carbocycles. The average Bonchev–Trinajstić information content (AvgIpc) is 3.11. The van der Waals surface area contributed by atoms with Crippen molar-refractivity contribution in [2.24, 2.45) is 0 Å². The molecule has 1 unspecified atom stereocenters. The van der Waals surface area contributed by atoms with Crippen LogP contribution in [0.5, 0.6) is 17.2 Å². The molecular formula is C27H31NO4S2. The number of hydrogen-bond acceptors (Lipinski definition) is 6. The molecule has 0 N–H and O–H groups in total. The van der Waals surface area contributed by atoms with Gasteiger partial charge in [0.25, 0.3) is 5.91 Å². The predicted molar refractivity (Wildman–Crippen MR) is 144 cm³/mol. The zero-order valence-electron chi connectivity index (χ0n) is 19.9. The Kier molecular flexibility index (Phi) is 9.60. The Morgan fingerprint density at radius 1 is 1.12 bits per heavy atom. The van der Waals surface area contributed by atoms with Crippen LogP contribution in [-0.2, 0) is 4.79 Å². The van der Waals surface area contributed by atoms with Gasteiger partial charge < -0.3 is 14.2 Å². The lowest BCUT2D eigenvalue weighted by molar-refractivity contribution is -0.121. The summed E-state index contributed by atoms with van der Waals surface area (Å²) >= 11 is 6.58. The lowest BCUT2D eigenvalue weighted by Crippen LogP contribution is -2.27. The predicted octanol–water partition coefficient (Wildman–Crippen LogP) is 6.44. The van der Waals surface area contributed by atoms with Crippen LogP contribution in [0.2, 0.25) is 0 Å². The van der Waals surface area contributed by atoms with E-state index in [0.717, 1.165) is 24.2 Å². The standard InChI is InChI=1S/C27H31NO4S2/c1-5-14-28-26(29)25(34-27(28)33)18-20-8-13-23(24(17-20)30-4)32-16-7-15-31-22-11-9-21(10-12-22)19(3)6-2/h5,8-13,17-19H,1,6-7,14-16H2,2-4H3. The molecule has 34 heavy (non-hydrogen) atoms. The third-order valence-corrected chi connectivity index (χ3v) is 6.92. The SMILES string of the molecule is C=CCN1C(=O)C(=Cc2ccc(OCCCOc3ccc(C(C)CC)cc3)c(OC)c2)SC1=S. The van der Waals surface area contributed by atoms with Gasteiger partial charge in [-0.15, -0.1) is 6.58 Å². The molecule has 0 spiro atoms. The molecule has 0 aromatic heterocycles. The van der Waals surface area contributed by atoms with Gasteiger partial charge in [-0.05, 0) is 53.8 Å². The summed E-state index contributed by atoms with van der Waals surface area (Å²) in [6, 6.07) is 13.9. The average molecular weight is 498 g/mol. The van der Waals surface area contributed by atoms with Gasteiger partial charge >= 0.3 is 0 Å². The maximum atomic E-state index is 12.5. The molecular weight excluding hydrogens is 466 g/mol. The summed E-state index contributed by atoms with van der Waals surface area (Å²) < 4.78 is 17.8. The van der Waals surface area contributed by atoms with Crippen LogP contribution in [0.25, 0.3) is 6.08 Å². The highest BCUT2D eigenvalue weighted by Gasteiger charge is 2.31. The zero-order valence-corrected chi connectivity index (χ0v) is 21.5. The maximum Gasteiger partial charge on any atom is 0.266 e. The van der Waals surface area contributed by atoms with E-state index in [-0.39, 0.29) is 5.91 Å². The molecule has 0 radical (unpaired) electrons. The molecule has 2 aromatic rings. The fourth-order valence-corrected chi connectivity index (χ4v) is 4.67. The normalized spacial score (nSPS) is 15.5. The Labute approximate surface area is 211 Å². The van der Waals surface area contributed by atoms with Crippen molar-refractivity contribution >= 4 is 40.3 Å². The Morgan fingerprint density at radius 3 is 2.53 bits per heavy atom. The Hall–Kier alpha value is -2.77. The van der Waals surface area contributed by atoms with Crippen molar-refractivity contribution < 1.29 is 19.0 Å². The third kappa shape index (κ3) is 6.64. The Balaban J connectivity index is 1.52. The smallest absolute Gasteiger partial charge is 0.266 e. The van der Waals surface area contributed by atoms with Crippen molar-refractivity contribution in [1.29, 1.82) is 0 Å². The van der Waals surface area contributed by atoms with Crippen LogP contribution in [0.3, 0.4) is 0 Å². The quantitative estimate of drug-likeness (QED) is 0.145. The summed E-state index contributed by atoms with van der Waals surface area (Å²) in [4.78, 5) is 14.6. The highest BCUT2D eigenvalue weighted by molar-refractivity contribution is 8.26. The Morgan fingerprint density at radius 2 is 1.85 bits per heavy atom. The van der Waals surface area contributed by atoms with E-state index in [9.17, 15) is 4.79 Å². The molecule has 180 valence electrons. The second kappa shape index (κ2) is 12.6. The summed E-state index contributed by atoms with van der Waals surface area (Å²) in [5.74, 6) is 2.58. The second-order valence-electron chi connectivity index (χ2n) is 7.92. The minimum absolute atomic E-state index is 0.108. The number of carbonyl (C=O) groups is 1. The van der Waals surface area contributed by atoms with E-state index in [1.165, 1.54) is 22.2 Å². The fourth-order valence-electron chi connectivity index (χ4n) is 3.39. The highest BCUT2D eigenvalue weighted by Crippen LogP contribution is 2.34. The maximum absolute atomic E-state index is 12.5. The Bertz CT molecular complexity index is 1050. The number of ether oxygens (including phenoxy) is 3. The van der Waals surface area contributed by atoms with Crippen LogP contribution in [-0.4, -0.2) is 42.0 Å². The highest BCUT2D eigenvalue weighted by atomic mass is 32.2. The van der Waals surface area contributed by atoms with Gasteiger partial charge in [0.2, 0.25) is 0 Å². The number of thioether (sulfide) groups is 1. The van der Waals surface area contributed by atoms with Crippen molar-refractivity contribution in [3.05, 3.63) is 71.2 Å². The number of thiocarbonyl (C=S) groups is 1. The largest absolute Gasteiger partial charge is 0.493 e. The van der Waals surface area contributed by atoms with Crippen LogP contribution >= 0.6 is 24.0 Å². The van der Waals surface area contributed by atoms with Gasteiger partial charge in [0, 0.05) is 13.0 Å². The lowest BCUT2D eigenvalue weighted by Gasteiger charge is -2.13. The van der Waals surface area contributed by atoms with Gasteiger partial charge in [-0.2, -0.15) is 0 Å². The minimum atomic E-state index is -0.108. The first-order valence-corrected chi connectivity index (χ1v) is 12.6. The summed E-state index contributed by atoms with van der Waals surface area (Å²) in [5.41, 5.74) is 2.17. The van der Waals surface area contributed by atoms with E-state index < -0.39 is 0 Å². The molecule has 5 nitrogen and oxygen atoms in total. The van der Waals surface area contributed by atoms with E-state index in [4.69, 9.17) is 26.4 Å². The van der Waals surface area contributed by atoms with Crippen molar-refractivity contribution in [2.75, 3.05) is 26.9 Å². The van der Waals surface area contributed by atoms with Crippen molar-refractivity contribution in [2.45, 2.75) is 32.6 Å². The van der Waals surface area contributed by atoms with Crippen LogP contribution in [0.15, 0.2) is 60.0 Å². The van der Waals surface area contributed by atoms with Gasteiger partial charge in [-0.25, -0.2) is 0 Å². The molecule has 1 saturated heterocycles. The summed E-state index contributed by atoms with van der Waals surface area (Å²) in [6.45, 7) is 9.57. The number of hydrogen-bond donors (Lipinski definition) is 0. The molecule has 1 aliphatic heterocycles. The number of benzene rings is 2. The van der Waals surface area contributed by atoms with Crippen molar-refractivity contribution in [3.8, 4) is 17.2 Å². The molecule has 1 amide bonds. The van der Waals surface area contributed by atoms with E-state index in [1.807, 2.05) is 36.4 Å². The molecule has 7 heteroatoms. The summed E-state index contributed by atoms with van der Waals surface area (Å²) in [5, 5.41) is 0. The van der Waals surface area contributed by atoms with Crippen molar-refractivity contribution in [3.63, 3.8) is 0 Å². The first kappa shape index (κ1) is 25.8. The molecule has 1 atom stereocenters. The van der Waals surface area contributed by atoms with Gasteiger partial charge in [0.1, 0.15) is 10.1 Å². The van der Waals surface area contributed by atoms with Crippen LogP contribution in [0, 0.1) is 0 Å². The molecule has 0 aliphatic carbocycles. The van der Waals surface area contributed by atoms with Gasteiger partial charge in [0.15, 0.2) is 11.5 Å². The molecule has 1 fully saturated rings. The van der Waals surface area contributed by atoms with E-state index in [1.54, 1.807) is 13.2 Å². The number of nitrogens with zero attached hydrogens (tertiary/aromatic N) is 1. The monoisotopic (exact) mass is 497 g/mol. The van der Waals surface area contributed by atoms with Gasteiger partial charge in [-0.1, -0.05) is 62.1 Å².